The van der Waals surface area contributed by atoms with E-state index in [2.05, 4.69) is 20.1 Å². The number of carbonyl (C=O) groups is 1. The maximum absolute atomic E-state index is 13.2. The van der Waals surface area contributed by atoms with Crippen molar-refractivity contribution in [2.45, 2.75) is 6.54 Å². The standard InChI is InChI=1S/C15H11FN6O2/c1-24-14-3-2-9(4-18-14)22-7-10-11(20-22)8-21(15(10)23)13-6-17-5-12(16)19-13/h2-7H,8H2,1H3. The first kappa shape index (κ1) is 14.2. The third kappa shape index (κ3) is 2.26. The van der Waals surface area contributed by atoms with Gasteiger partial charge < -0.3 is 4.74 Å². The van der Waals surface area contributed by atoms with Gasteiger partial charge >= 0.3 is 0 Å². The minimum atomic E-state index is -0.737. The molecule has 0 saturated carbocycles. The molecule has 9 heteroatoms. The second-order valence-electron chi connectivity index (χ2n) is 5.08. The van der Waals surface area contributed by atoms with E-state index in [9.17, 15) is 9.18 Å². The van der Waals surface area contributed by atoms with Gasteiger partial charge in [0, 0.05) is 12.3 Å². The van der Waals surface area contributed by atoms with Crippen LogP contribution in [0.15, 0.2) is 36.9 Å². The van der Waals surface area contributed by atoms with E-state index in [1.807, 2.05) is 0 Å². The fourth-order valence-electron chi connectivity index (χ4n) is 2.48. The summed E-state index contributed by atoms with van der Waals surface area (Å²) in [5.74, 6) is -0.377. The predicted molar refractivity (Wildman–Crippen MR) is 80.4 cm³/mol. The molecule has 0 aromatic carbocycles. The highest BCUT2D eigenvalue weighted by atomic mass is 19.1. The number of pyridine rings is 1. The molecule has 0 spiro atoms. The van der Waals surface area contributed by atoms with Crippen LogP contribution in [0.25, 0.3) is 5.69 Å². The number of ether oxygens (including phenoxy) is 1. The van der Waals surface area contributed by atoms with Crippen molar-refractivity contribution in [1.29, 1.82) is 0 Å². The van der Waals surface area contributed by atoms with Crippen LogP contribution in [0.5, 0.6) is 5.88 Å². The van der Waals surface area contributed by atoms with Crippen molar-refractivity contribution in [3.63, 3.8) is 0 Å². The zero-order valence-electron chi connectivity index (χ0n) is 12.5. The van der Waals surface area contributed by atoms with Gasteiger partial charge in [0.1, 0.15) is 0 Å². The lowest BCUT2D eigenvalue weighted by Gasteiger charge is -2.14. The summed E-state index contributed by atoms with van der Waals surface area (Å²) >= 11 is 0. The Kier molecular flexibility index (Phi) is 3.19. The van der Waals surface area contributed by atoms with Crippen LogP contribution in [0.2, 0.25) is 0 Å². The summed E-state index contributed by atoms with van der Waals surface area (Å²) in [6.07, 6.45) is 5.55. The molecular weight excluding hydrogens is 315 g/mol. The van der Waals surface area contributed by atoms with Crippen molar-refractivity contribution in [2.24, 2.45) is 0 Å². The third-order valence-electron chi connectivity index (χ3n) is 3.64. The van der Waals surface area contributed by atoms with Crippen molar-refractivity contribution >= 4 is 11.7 Å². The Bertz CT molecular complexity index is 924. The topological polar surface area (TPSA) is 86.0 Å². The molecule has 0 radical (unpaired) electrons. The Labute approximate surface area is 135 Å². The average Bonchev–Trinajstić information content (AvgIpc) is 3.15. The molecule has 4 rings (SSSR count). The van der Waals surface area contributed by atoms with E-state index in [-0.39, 0.29) is 18.3 Å². The number of rotatable bonds is 3. The summed E-state index contributed by atoms with van der Waals surface area (Å²) in [6, 6.07) is 3.49. The molecule has 24 heavy (non-hydrogen) atoms. The van der Waals surface area contributed by atoms with Gasteiger partial charge in [0.15, 0.2) is 5.82 Å². The molecule has 8 nitrogen and oxygen atoms in total. The Morgan fingerprint density at radius 1 is 1.25 bits per heavy atom. The molecule has 0 fully saturated rings. The molecule has 3 aromatic heterocycles. The Balaban J connectivity index is 1.63. The van der Waals surface area contributed by atoms with Gasteiger partial charge in [0.2, 0.25) is 11.8 Å². The van der Waals surface area contributed by atoms with Gasteiger partial charge in [-0.3, -0.25) is 14.7 Å². The second kappa shape index (κ2) is 5.37. The Morgan fingerprint density at radius 2 is 2.12 bits per heavy atom. The molecule has 0 aliphatic carbocycles. The fraction of sp³-hybridized carbons (Fsp3) is 0.133. The molecule has 0 N–H and O–H groups in total. The minimum absolute atomic E-state index is 0.163. The van der Waals surface area contributed by atoms with Crippen LogP contribution >= 0.6 is 0 Å². The number of halogens is 1. The molecule has 3 aromatic rings. The van der Waals surface area contributed by atoms with Crippen molar-refractivity contribution in [3.05, 3.63) is 54.1 Å². The average molecular weight is 326 g/mol. The lowest BCUT2D eigenvalue weighted by Crippen LogP contribution is -2.25. The summed E-state index contributed by atoms with van der Waals surface area (Å²) in [6.45, 7) is 0.211. The first-order valence-electron chi connectivity index (χ1n) is 7.04. The highest BCUT2D eigenvalue weighted by Gasteiger charge is 2.33. The van der Waals surface area contributed by atoms with Crippen LogP contribution in [0.4, 0.5) is 10.2 Å². The van der Waals surface area contributed by atoms with Crippen molar-refractivity contribution in [3.8, 4) is 11.6 Å². The van der Waals surface area contributed by atoms with Crippen LogP contribution in [0, 0.1) is 5.95 Å². The van der Waals surface area contributed by atoms with E-state index < -0.39 is 5.95 Å². The summed E-state index contributed by atoms with van der Waals surface area (Å²) in [5.41, 5.74) is 1.73. The van der Waals surface area contributed by atoms with E-state index in [1.165, 1.54) is 18.2 Å². The van der Waals surface area contributed by atoms with E-state index in [0.717, 1.165) is 6.20 Å². The lowest BCUT2D eigenvalue weighted by atomic mass is 10.3. The number of carbonyl (C=O) groups excluding carboxylic acids is 1. The molecule has 1 aliphatic heterocycles. The van der Waals surface area contributed by atoms with E-state index >= 15 is 0 Å². The summed E-state index contributed by atoms with van der Waals surface area (Å²) < 4.78 is 19.8. The van der Waals surface area contributed by atoms with Gasteiger partial charge in [-0.2, -0.15) is 14.5 Å². The van der Waals surface area contributed by atoms with Gasteiger partial charge in [0.05, 0.1) is 49.2 Å². The third-order valence-corrected chi connectivity index (χ3v) is 3.64. The predicted octanol–water partition coefficient (Wildman–Crippen LogP) is 1.37. The fourth-order valence-corrected chi connectivity index (χ4v) is 2.48. The number of anilines is 1. The van der Waals surface area contributed by atoms with Crippen molar-refractivity contribution in [2.75, 3.05) is 12.0 Å². The van der Waals surface area contributed by atoms with Gasteiger partial charge in [-0.15, -0.1) is 0 Å². The molecule has 120 valence electrons. The monoisotopic (exact) mass is 326 g/mol. The highest BCUT2D eigenvalue weighted by molar-refractivity contribution is 6.09. The van der Waals surface area contributed by atoms with Crippen molar-refractivity contribution < 1.29 is 13.9 Å². The minimum Gasteiger partial charge on any atom is -0.481 e. The molecule has 4 heterocycles. The number of nitrogens with zero attached hydrogens (tertiary/aromatic N) is 6. The van der Waals surface area contributed by atoms with Crippen molar-refractivity contribution in [1.82, 2.24) is 24.7 Å². The van der Waals surface area contributed by atoms with E-state index in [1.54, 1.807) is 29.2 Å². The second-order valence-corrected chi connectivity index (χ2v) is 5.08. The molecular formula is C15H11FN6O2. The van der Waals surface area contributed by atoms with Crippen LogP contribution in [-0.4, -0.2) is 37.7 Å². The van der Waals surface area contributed by atoms with Crippen LogP contribution in [-0.2, 0) is 6.54 Å². The number of hydrogen-bond donors (Lipinski definition) is 0. The smallest absolute Gasteiger partial charge is 0.263 e. The van der Waals surface area contributed by atoms with Gasteiger partial charge in [-0.25, -0.2) is 9.67 Å². The SMILES string of the molecule is COc1ccc(-n2cc3c(n2)CN(c2cncc(F)n2)C3=O)cn1. The molecule has 0 saturated heterocycles. The van der Waals surface area contributed by atoms with Gasteiger partial charge in [0.25, 0.3) is 5.91 Å². The Hall–Kier alpha value is -3.36. The van der Waals surface area contributed by atoms with Crippen LogP contribution in [0.1, 0.15) is 16.1 Å². The number of methoxy groups -OCH3 is 1. The number of fused-ring (bicyclic) bond motifs is 1. The molecule has 1 aliphatic rings. The van der Waals surface area contributed by atoms with Crippen LogP contribution < -0.4 is 9.64 Å². The highest BCUT2D eigenvalue weighted by Crippen LogP contribution is 2.26. The maximum atomic E-state index is 13.2. The normalized spacial score (nSPS) is 13.2. The molecule has 0 bridgehead atoms. The first-order chi connectivity index (χ1) is 11.7. The molecule has 0 unspecified atom stereocenters. The summed E-state index contributed by atoms with van der Waals surface area (Å²) in [4.78, 5) is 25.3. The lowest BCUT2D eigenvalue weighted by molar-refractivity contribution is 0.0995. The number of aromatic nitrogens is 5. The van der Waals surface area contributed by atoms with E-state index in [4.69, 9.17) is 4.74 Å². The molecule has 0 atom stereocenters. The zero-order chi connectivity index (χ0) is 16.7. The zero-order valence-corrected chi connectivity index (χ0v) is 12.5. The summed E-state index contributed by atoms with van der Waals surface area (Å²) in [7, 11) is 1.53. The largest absolute Gasteiger partial charge is 0.481 e. The number of amides is 1. The van der Waals surface area contributed by atoms with Gasteiger partial charge in [-0.05, 0) is 6.07 Å². The summed E-state index contributed by atoms with van der Waals surface area (Å²) in [5, 5.41) is 4.40. The van der Waals surface area contributed by atoms with E-state index in [0.29, 0.717) is 22.8 Å². The Morgan fingerprint density at radius 3 is 2.79 bits per heavy atom. The maximum Gasteiger partial charge on any atom is 0.263 e. The first-order valence-corrected chi connectivity index (χ1v) is 7.04. The van der Waals surface area contributed by atoms with Gasteiger partial charge in [-0.1, -0.05) is 0 Å². The van der Waals surface area contributed by atoms with Crippen LogP contribution in [0.3, 0.4) is 0 Å². The number of hydrogen-bond acceptors (Lipinski definition) is 6. The quantitative estimate of drug-likeness (QED) is 0.722. The molecule has 1 amide bonds.